The molecule has 0 aromatic rings. The summed E-state index contributed by atoms with van der Waals surface area (Å²) in [4.78, 5) is 25.4. The molecule has 0 aliphatic heterocycles. The van der Waals surface area contributed by atoms with Gasteiger partial charge in [-0.05, 0) is 26.7 Å². The number of nitrogens with one attached hydrogen (secondary N) is 2. The summed E-state index contributed by atoms with van der Waals surface area (Å²) in [7, 11) is 0. The van der Waals surface area contributed by atoms with Crippen LogP contribution in [-0.2, 0) is 4.79 Å². The smallest absolute Gasteiger partial charge is 0.321 e. The van der Waals surface area contributed by atoms with Crippen LogP contribution in [0.1, 0.15) is 39.5 Å². The lowest BCUT2D eigenvalue weighted by molar-refractivity contribution is -0.125. The van der Waals surface area contributed by atoms with Crippen LogP contribution in [0.5, 0.6) is 0 Å². The summed E-state index contributed by atoms with van der Waals surface area (Å²) in [5.74, 6) is -0.314. The molecule has 6 nitrogen and oxygen atoms in total. The SMILES string of the molecule is CCNC(=O)NC(=O)C(C)N(CCO)C1CCCC1. The minimum absolute atomic E-state index is 0.0231. The van der Waals surface area contributed by atoms with Gasteiger partial charge < -0.3 is 10.4 Å². The zero-order valence-corrected chi connectivity index (χ0v) is 11.8. The normalized spacial score (nSPS) is 17.5. The molecule has 0 aromatic carbocycles. The van der Waals surface area contributed by atoms with E-state index in [-0.39, 0.29) is 12.5 Å². The van der Waals surface area contributed by atoms with Gasteiger partial charge in [-0.15, -0.1) is 0 Å². The van der Waals surface area contributed by atoms with Crippen LogP contribution in [-0.4, -0.2) is 53.7 Å². The molecule has 1 aliphatic rings. The standard InChI is InChI=1S/C13H25N3O3/c1-3-14-13(19)15-12(18)10(2)16(8-9-17)11-6-4-5-7-11/h10-11,17H,3-9H2,1-2H3,(H2,14,15,18,19). The largest absolute Gasteiger partial charge is 0.395 e. The third-order valence-corrected chi connectivity index (χ3v) is 3.60. The second-order valence-corrected chi connectivity index (χ2v) is 4.92. The van der Waals surface area contributed by atoms with Crippen molar-refractivity contribution in [2.45, 2.75) is 51.6 Å². The van der Waals surface area contributed by atoms with E-state index >= 15 is 0 Å². The minimum Gasteiger partial charge on any atom is -0.395 e. The van der Waals surface area contributed by atoms with Crippen LogP contribution in [0.25, 0.3) is 0 Å². The summed E-state index contributed by atoms with van der Waals surface area (Å²) in [6.45, 7) is 4.55. The molecule has 0 heterocycles. The van der Waals surface area contributed by atoms with Crippen molar-refractivity contribution in [2.24, 2.45) is 0 Å². The summed E-state index contributed by atoms with van der Waals surface area (Å²) >= 11 is 0. The monoisotopic (exact) mass is 271 g/mol. The van der Waals surface area contributed by atoms with E-state index in [9.17, 15) is 9.59 Å². The molecule has 0 spiro atoms. The van der Waals surface area contributed by atoms with Crippen molar-refractivity contribution in [1.29, 1.82) is 0 Å². The predicted molar refractivity (Wildman–Crippen MR) is 72.7 cm³/mol. The van der Waals surface area contributed by atoms with Gasteiger partial charge in [-0.1, -0.05) is 12.8 Å². The number of urea groups is 1. The summed E-state index contributed by atoms with van der Waals surface area (Å²) in [6.07, 6.45) is 4.44. The Bertz CT molecular complexity index is 304. The lowest BCUT2D eigenvalue weighted by atomic mass is 10.1. The van der Waals surface area contributed by atoms with Crippen molar-refractivity contribution in [1.82, 2.24) is 15.5 Å². The molecule has 1 atom stereocenters. The van der Waals surface area contributed by atoms with E-state index in [1.807, 2.05) is 4.90 Å². The lowest BCUT2D eigenvalue weighted by Crippen LogP contribution is -2.52. The van der Waals surface area contributed by atoms with Gasteiger partial charge in [0.1, 0.15) is 0 Å². The fourth-order valence-corrected chi connectivity index (χ4v) is 2.62. The van der Waals surface area contributed by atoms with E-state index in [0.29, 0.717) is 19.1 Å². The van der Waals surface area contributed by atoms with Crippen molar-refractivity contribution in [3.8, 4) is 0 Å². The molecule has 3 amide bonds. The second kappa shape index (κ2) is 8.12. The molecule has 3 N–H and O–H groups in total. The Balaban J connectivity index is 2.56. The van der Waals surface area contributed by atoms with Gasteiger partial charge in [-0.2, -0.15) is 0 Å². The van der Waals surface area contributed by atoms with Crippen molar-refractivity contribution >= 4 is 11.9 Å². The highest BCUT2D eigenvalue weighted by molar-refractivity contribution is 5.96. The molecule has 1 fully saturated rings. The molecule has 1 rings (SSSR count). The average Bonchev–Trinajstić information content (AvgIpc) is 2.88. The van der Waals surface area contributed by atoms with E-state index in [1.54, 1.807) is 13.8 Å². The molecule has 0 radical (unpaired) electrons. The van der Waals surface area contributed by atoms with Crippen molar-refractivity contribution in [2.75, 3.05) is 19.7 Å². The number of imide groups is 1. The van der Waals surface area contributed by atoms with E-state index in [2.05, 4.69) is 10.6 Å². The summed E-state index contributed by atoms with van der Waals surface area (Å²) in [5, 5.41) is 14.0. The van der Waals surface area contributed by atoms with Crippen LogP contribution in [0.2, 0.25) is 0 Å². The van der Waals surface area contributed by atoms with Crippen LogP contribution in [0.3, 0.4) is 0 Å². The van der Waals surface area contributed by atoms with Gasteiger partial charge in [-0.3, -0.25) is 15.0 Å². The Morgan fingerprint density at radius 3 is 2.53 bits per heavy atom. The van der Waals surface area contributed by atoms with Crippen LogP contribution in [0.15, 0.2) is 0 Å². The molecule has 1 saturated carbocycles. The van der Waals surface area contributed by atoms with Crippen molar-refractivity contribution in [3.63, 3.8) is 0 Å². The Hall–Kier alpha value is -1.14. The molecule has 0 saturated heterocycles. The highest BCUT2D eigenvalue weighted by atomic mass is 16.3. The molecular weight excluding hydrogens is 246 g/mol. The molecule has 1 aliphatic carbocycles. The molecule has 19 heavy (non-hydrogen) atoms. The number of hydrogen-bond acceptors (Lipinski definition) is 4. The maximum Gasteiger partial charge on any atom is 0.321 e. The molecule has 1 unspecified atom stereocenters. The molecule has 0 bridgehead atoms. The first kappa shape index (κ1) is 15.9. The van der Waals surface area contributed by atoms with E-state index in [0.717, 1.165) is 25.7 Å². The first-order chi connectivity index (χ1) is 9.10. The van der Waals surface area contributed by atoms with Gasteiger partial charge in [0, 0.05) is 19.1 Å². The molecule has 0 aromatic heterocycles. The molecular formula is C13H25N3O3. The lowest BCUT2D eigenvalue weighted by Gasteiger charge is -2.32. The Morgan fingerprint density at radius 1 is 1.37 bits per heavy atom. The zero-order chi connectivity index (χ0) is 14.3. The van der Waals surface area contributed by atoms with Crippen LogP contribution >= 0.6 is 0 Å². The summed E-state index contributed by atoms with van der Waals surface area (Å²) in [6, 6.07) is -0.533. The molecule has 6 heteroatoms. The quantitative estimate of drug-likeness (QED) is 0.655. The predicted octanol–water partition coefficient (Wildman–Crippen LogP) is 0.458. The van der Waals surface area contributed by atoms with Gasteiger partial charge in [0.05, 0.1) is 12.6 Å². The minimum atomic E-state index is -0.463. The number of hydrogen-bond donors (Lipinski definition) is 3. The van der Waals surface area contributed by atoms with Crippen LogP contribution in [0.4, 0.5) is 4.79 Å². The van der Waals surface area contributed by atoms with E-state index in [4.69, 9.17) is 5.11 Å². The number of aliphatic hydroxyl groups is 1. The van der Waals surface area contributed by atoms with Gasteiger partial charge in [0.15, 0.2) is 0 Å². The third kappa shape index (κ3) is 4.80. The number of amides is 3. The zero-order valence-electron chi connectivity index (χ0n) is 11.8. The number of carbonyl (C=O) groups is 2. The summed E-state index contributed by atoms with van der Waals surface area (Å²) < 4.78 is 0. The Labute approximate surface area is 114 Å². The van der Waals surface area contributed by atoms with E-state index < -0.39 is 12.1 Å². The number of carbonyl (C=O) groups excluding carboxylic acids is 2. The third-order valence-electron chi connectivity index (χ3n) is 3.60. The number of rotatable bonds is 6. The maximum absolute atomic E-state index is 12.0. The number of aliphatic hydroxyl groups excluding tert-OH is 1. The average molecular weight is 271 g/mol. The van der Waals surface area contributed by atoms with Gasteiger partial charge >= 0.3 is 6.03 Å². The van der Waals surface area contributed by atoms with Crippen LogP contribution < -0.4 is 10.6 Å². The van der Waals surface area contributed by atoms with E-state index in [1.165, 1.54) is 0 Å². The van der Waals surface area contributed by atoms with Crippen molar-refractivity contribution in [3.05, 3.63) is 0 Å². The first-order valence-corrected chi connectivity index (χ1v) is 7.05. The van der Waals surface area contributed by atoms with Gasteiger partial charge in [-0.25, -0.2) is 4.79 Å². The fourth-order valence-electron chi connectivity index (χ4n) is 2.62. The second-order valence-electron chi connectivity index (χ2n) is 4.92. The van der Waals surface area contributed by atoms with Crippen molar-refractivity contribution < 1.29 is 14.7 Å². The highest BCUT2D eigenvalue weighted by Crippen LogP contribution is 2.24. The van der Waals surface area contributed by atoms with Gasteiger partial charge in [0.2, 0.25) is 5.91 Å². The maximum atomic E-state index is 12.0. The highest BCUT2D eigenvalue weighted by Gasteiger charge is 2.30. The van der Waals surface area contributed by atoms with Gasteiger partial charge in [0.25, 0.3) is 0 Å². The number of nitrogens with zero attached hydrogens (tertiary/aromatic N) is 1. The Kier molecular flexibility index (Phi) is 6.80. The fraction of sp³-hybridized carbons (Fsp3) is 0.846. The summed E-state index contributed by atoms with van der Waals surface area (Å²) in [5.41, 5.74) is 0. The molecule has 110 valence electrons. The first-order valence-electron chi connectivity index (χ1n) is 7.05. The Morgan fingerprint density at radius 2 is 2.00 bits per heavy atom. The van der Waals surface area contributed by atoms with Crippen LogP contribution in [0, 0.1) is 0 Å². The topological polar surface area (TPSA) is 81.7 Å².